The Balaban J connectivity index is 1.43. The van der Waals surface area contributed by atoms with E-state index in [1.54, 1.807) is 18.5 Å². The van der Waals surface area contributed by atoms with E-state index in [4.69, 9.17) is 5.73 Å². The van der Waals surface area contributed by atoms with Crippen LogP contribution in [0, 0.1) is 5.92 Å². The van der Waals surface area contributed by atoms with Gasteiger partial charge in [-0.3, -0.25) is 14.5 Å². The molecule has 0 aromatic carbocycles. The number of anilines is 1. The summed E-state index contributed by atoms with van der Waals surface area (Å²) in [7, 11) is 0. The highest BCUT2D eigenvalue weighted by atomic mass is 16.2. The highest BCUT2D eigenvalue weighted by Gasteiger charge is 2.27. The second-order valence-electron chi connectivity index (χ2n) is 6.37. The lowest BCUT2D eigenvalue weighted by atomic mass is 9.96. The molecule has 2 fully saturated rings. The van der Waals surface area contributed by atoms with Gasteiger partial charge in [0.15, 0.2) is 0 Å². The van der Waals surface area contributed by atoms with Gasteiger partial charge in [-0.2, -0.15) is 0 Å². The second kappa shape index (κ2) is 7.57. The molecule has 1 aromatic rings. The number of carbonyl (C=O) groups excluding carboxylic acids is 2. The molecule has 2 amide bonds. The molecule has 2 N–H and O–H groups in total. The SMILES string of the molecule is NC(=O)C1CCN(CC(=O)N2CCN(c3ncccn3)CC2)CC1. The standard InChI is InChI=1S/C16H24N6O2/c17-15(24)13-2-6-20(7-3-13)12-14(23)21-8-10-22(11-9-21)16-18-4-1-5-19-16/h1,4-5,13H,2-3,6-12H2,(H2,17,24). The van der Waals surface area contributed by atoms with Crippen molar-refractivity contribution in [1.82, 2.24) is 19.8 Å². The first-order chi connectivity index (χ1) is 11.6. The fourth-order valence-corrected chi connectivity index (χ4v) is 3.28. The van der Waals surface area contributed by atoms with Crippen molar-refractivity contribution in [3.63, 3.8) is 0 Å². The molecule has 8 heteroatoms. The number of aromatic nitrogens is 2. The first kappa shape index (κ1) is 16.6. The molecule has 0 aliphatic carbocycles. The summed E-state index contributed by atoms with van der Waals surface area (Å²) in [5.74, 6) is 0.616. The summed E-state index contributed by atoms with van der Waals surface area (Å²) in [5, 5.41) is 0. The van der Waals surface area contributed by atoms with Crippen LogP contribution in [0.2, 0.25) is 0 Å². The third kappa shape index (κ3) is 4.00. The minimum Gasteiger partial charge on any atom is -0.369 e. The topological polar surface area (TPSA) is 95.7 Å². The molecule has 1 aromatic heterocycles. The van der Waals surface area contributed by atoms with Crippen molar-refractivity contribution in [2.75, 3.05) is 50.7 Å². The van der Waals surface area contributed by atoms with Gasteiger partial charge in [-0.25, -0.2) is 9.97 Å². The highest BCUT2D eigenvalue weighted by Crippen LogP contribution is 2.17. The maximum atomic E-state index is 12.5. The van der Waals surface area contributed by atoms with Gasteiger partial charge in [0.25, 0.3) is 0 Å². The van der Waals surface area contributed by atoms with Crippen LogP contribution < -0.4 is 10.6 Å². The van der Waals surface area contributed by atoms with E-state index in [0.29, 0.717) is 19.6 Å². The van der Waals surface area contributed by atoms with Crippen molar-refractivity contribution < 1.29 is 9.59 Å². The van der Waals surface area contributed by atoms with E-state index in [1.807, 2.05) is 4.90 Å². The van der Waals surface area contributed by atoms with Crippen molar-refractivity contribution in [3.8, 4) is 0 Å². The molecule has 8 nitrogen and oxygen atoms in total. The number of piperidine rings is 1. The normalized spacial score (nSPS) is 20.2. The molecule has 2 saturated heterocycles. The zero-order valence-electron chi connectivity index (χ0n) is 13.8. The number of piperazine rings is 1. The van der Waals surface area contributed by atoms with Crippen molar-refractivity contribution in [2.24, 2.45) is 11.7 Å². The summed E-state index contributed by atoms with van der Waals surface area (Å²) >= 11 is 0. The van der Waals surface area contributed by atoms with E-state index in [1.165, 1.54) is 0 Å². The highest BCUT2D eigenvalue weighted by molar-refractivity contribution is 5.79. The molecule has 0 spiro atoms. The molecule has 0 radical (unpaired) electrons. The maximum absolute atomic E-state index is 12.5. The lowest BCUT2D eigenvalue weighted by Crippen LogP contribution is -2.52. The van der Waals surface area contributed by atoms with Crippen LogP contribution in [0.25, 0.3) is 0 Å². The number of nitrogens with zero attached hydrogens (tertiary/aromatic N) is 5. The molecule has 130 valence electrons. The summed E-state index contributed by atoms with van der Waals surface area (Å²) in [6, 6.07) is 1.80. The van der Waals surface area contributed by atoms with Gasteiger partial charge in [0, 0.05) is 44.5 Å². The van der Waals surface area contributed by atoms with Gasteiger partial charge in [-0.15, -0.1) is 0 Å². The molecule has 0 saturated carbocycles. The van der Waals surface area contributed by atoms with Crippen molar-refractivity contribution in [1.29, 1.82) is 0 Å². The first-order valence-electron chi connectivity index (χ1n) is 8.45. The van der Waals surface area contributed by atoms with Gasteiger partial charge in [0.2, 0.25) is 17.8 Å². The van der Waals surface area contributed by atoms with Crippen LogP contribution in [0.3, 0.4) is 0 Å². The maximum Gasteiger partial charge on any atom is 0.236 e. The van der Waals surface area contributed by atoms with E-state index in [-0.39, 0.29) is 17.7 Å². The Hall–Kier alpha value is -2.22. The predicted octanol–water partition coefficient (Wildman–Crippen LogP) is -0.677. The molecule has 0 bridgehead atoms. The molecule has 2 aliphatic heterocycles. The lowest BCUT2D eigenvalue weighted by molar-refractivity contribution is -0.133. The fourth-order valence-electron chi connectivity index (χ4n) is 3.28. The van der Waals surface area contributed by atoms with E-state index in [9.17, 15) is 9.59 Å². The fraction of sp³-hybridized carbons (Fsp3) is 0.625. The summed E-state index contributed by atoms with van der Waals surface area (Å²) in [5.41, 5.74) is 5.34. The largest absolute Gasteiger partial charge is 0.369 e. The van der Waals surface area contributed by atoms with E-state index in [0.717, 1.165) is 45.0 Å². The second-order valence-corrected chi connectivity index (χ2v) is 6.37. The minimum atomic E-state index is -0.222. The molecule has 2 aliphatic rings. The van der Waals surface area contributed by atoms with Gasteiger partial charge in [0.1, 0.15) is 0 Å². The van der Waals surface area contributed by atoms with E-state index >= 15 is 0 Å². The molecular weight excluding hydrogens is 308 g/mol. The Kier molecular flexibility index (Phi) is 5.24. The number of rotatable bonds is 4. The quantitative estimate of drug-likeness (QED) is 0.785. The average molecular weight is 332 g/mol. The van der Waals surface area contributed by atoms with Gasteiger partial charge in [-0.1, -0.05) is 0 Å². The van der Waals surface area contributed by atoms with Crippen LogP contribution >= 0.6 is 0 Å². The molecule has 24 heavy (non-hydrogen) atoms. The third-order valence-electron chi connectivity index (χ3n) is 4.82. The number of hydrogen-bond donors (Lipinski definition) is 1. The van der Waals surface area contributed by atoms with Crippen LogP contribution in [0.15, 0.2) is 18.5 Å². The smallest absolute Gasteiger partial charge is 0.236 e. The summed E-state index contributed by atoms with van der Waals surface area (Å²) in [4.78, 5) is 38.3. The zero-order chi connectivity index (χ0) is 16.9. The van der Waals surface area contributed by atoms with E-state index in [2.05, 4.69) is 19.8 Å². The monoisotopic (exact) mass is 332 g/mol. The zero-order valence-corrected chi connectivity index (χ0v) is 13.8. The molecule has 3 rings (SSSR count). The predicted molar refractivity (Wildman–Crippen MR) is 89.2 cm³/mol. The Morgan fingerprint density at radius 2 is 1.67 bits per heavy atom. The Bertz CT molecular complexity index is 565. The van der Waals surface area contributed by atoms with Crippen molar-refractivity contribution in [3.05, 3.63) is 18.5 Å². The van der Waals surface area contributed by atoms with Crippen molar-refractivity contribution in [2.45, 2.75) is 12.8 Å². The number of nitrogens with two attached hydrogens (primary N) is 1. The van der Waals surface area contributed by atoms with Crippen molar-refractivity contribution >= 4 is 17.8 Å². The number of likely N-dealkylation sites (tertiary alicyclic amines) is 1. The number of amides is 2. The van der Waals surface area contributed by atoms with Crippen LogP contribution in [-0.4, -0.2) is 77.4 Å². The summed E-state index contributed by atoms with van der Waals surface area (Å²) in [6.07, 6.45) is 4.97. The number of carbonyl (C=O) groups is 2. The van der Waals surface area contributed by atoms with Crippen LogP contribution in [0.5, 0.6) is 0 Å². The third-order valence-corrected chi connectivity index (χ3v) is 4.82. The molecular formula is C16H24N6O2. The molecule has 0 atom stereocenters. The average Bonchev–Trinajstić information content (AvgIpc) is 2.63. The van der Waals surface area contributed by atoms with Crippen LogP contribution in [0.4, 0.5) is 5.95 Å². The Morgan fingerprint density at radius 1 is 1.04 bits per heavy atom. The molecule has 0 unspecified atom stereocenters. The van der Waals surface area contributed by atoms with Crippen LogP contribution in [-0.2, 0) is 9.59 Å². The summed E-state index contributed by atoms with van der Waals surface area (Å²) < 4.78 is 0. The van der Waals surface area contributed by atoms with Gasteiger partial charge >= 0.3 is 0 Å². The molecule has 3 heterocycles. The Morgan fingerprint density at radius 3 is 2.25 bits per heavy atom. The Labute approximate surface area is 141 Å². The van der Waals surface area contributed by atoms with Gasteiger partial charge in [0.05, 0.1) is 6.54 Å². The van der Waals surface area contributed by atoms with Gasteiger partial charge in [-0.05, 0) is 32.0 Å². The van der Waals surface area contributed by atoms with E-state index < -0.39 is 0 Å². The minimum absolute atomic E-state index is 0.0363. The number of hydrogen-bond acceptors (Lipinski definition) is 6. The number of primary amides is 1. The van der Waals surface area contributed by atoms with Crippen LogP contribution in [0.1, 0.15) is 12.8 Å². The van der Waals surface area contributed by atoms with Gasteiger partial charge < -0.3 is 15.5 Å². The lowest BCUT2D eigenvalue weighted by Gasteiger charge is -2.36. The summed E-state index contributed by atoms with van der Waals surface area (Å²) in [6.45, 7) is 4.82. The first-order valence-corrected chi connectivity index (χ1v) is 8.45.